The quantitative estimate of drug-likeness (QED) is 0.703. The Labute approximate surface area is 147 Å². The lowest BCUT2D eigenvalue weighted by molar-refractivity contribution is 0.0525. The van der Waals surface area contributed by atoms with E-state index in [1.54, 1.807) is 6.92 Å². The van der Waals surface area contributed by atoms with Gasteiger partial charge in [-0.3, -0.25) is 0 Å². The molecule has 0 aliphatic carbocycles. The second-order valence-corrected chi connectivity index (χ2v) is 7.21. The Morgan fingerprint density at radius 2 is 2.17 bits per heavy atom. The summed E-state index contributed by atoms with van der Waals surface area (Å²) in [6.45, 7) is 3.86. The van der Waals surface area contributed by atoms with Gasteiger partial charge in [-0.15, -0.1) is 12.4 Å². The van der Waals surface area contributed by atoms with Crippen molar-refractivity contribution < 1.29 is 22.3 Å². The zero-order valence-corrected chi connectivity index (χ0v) is 15.0. The van der Waals surface area contributed by atoms with Crippen molar-refractivity contribution in [1.82, 2.24) is 10.0 Å². The highest BCUT2D eigenvalue weighted by molar-refractivity contribution is 7.89. The number of esters is 1. The normalized spacial score (nSPS) is 17.3. The molecule has 1 aliphatic heterocycles. The van der Waals surface area contributed by atoms with Crippen LogP contribution < -0.4 is 10.0 Å². The number of carbonyl (C=O) groups is 1. The summed E-state index contributed by atoms with van der Waals surface area (Å²) in [5, 5.41) is 3.21. The number of rotatable bonds is 7. The van der Waals surface area contributed by atoms with Gasteiger partial charge in [0.15, 0.2) is 0 Å². The molecular formula is C15H22ClFN2O4S. The molecule has 1 aromatic carbocycles. The molecule has 136 valence electrons. The van der Waals surface area contributed by atoms with Gasteiger partial charge in [0.1, 0.15) is 5.82 Å². The molecule has 1 aliphatic rings. The Morgan fingerprint density at radius 3 is 2.79 bits per heavy atom. The van der Waals surface area contributed by atoms with Crippen molar-refractivity contribution in [2.45, 2.75) is 24.7 Å². The van der Waals surface area contributed by atoms with Gasteiger partial charge in [0, 0.05) is 6.54 Å². The molecular weight excluding hydrogens is 359 g/mol. The highest BCUT2D eigenvalue weighted by atomic mass is 35.5. The fourth-order valence-electron chi connectivity index (χ4n) is 2.49. The summed E-state index contributed by atoms with van der Waals surface area (Å²) < 4.78 is 45.3. The van der Waals surface area contributed by atoms with Crippen LogP contribution in [0.1, 0.15) is 30.1 Å². The summed E-state index contributed by atoms with van der Waals surface area (Å²) >= 11 is 0. The van der Waals surface area contributed by atoms with Gasteiger partial charge in [0.2, 0.25) is 10.0 Å². The fraction of sp³-hybridized carbons (Fsp3) is 0.533. The Bertz CT molecular complexity index is 663. The van der Waals surface area contributed by atoms with Crippen molar-refractivity contribution in [2.75, 3.05) is 26.2 Å². The summed E-state index contributed by atoms with van der Waals surface area (Å²) in [4.78, 5) is 11.4. The highest BCUT2D eigenvalue weighted by Crippen LogP contribution is 2.16. The van der Waals surface area contributed by atoms with Crippen molar-refractivity contribution in [3.63, 3.8) is 0 Å². The lowest BCUT2D eigenvalue weighted by Crippen LogP contribution is -2.27. The van der Waals surface area contributed by atoms with E-state index in [1.807, 2.05) is 0 Å². The van der Waals surface area contributed by atoms with Gasteiger partial charge in [-0.25, -0.2) is 22.3 Å². The molecule has 6 nitrogen and oxygen atoms in total. The molecule has 0 bridgehead atoms. The number of sulfonamides is 1. The SMILES string of the molecule is CCOC(=O)c1cc(F)cc(S(=O)(=O)NCCC2CCNC2)c1.Cl. The summed E-state index contributed by atoms with van der Waals surface area (Å²) in [5.41, 5.74) is -0.118. The molecule has 1 fully saturated rings. The molecule has 9 heteroatoms. The molecule has 0 spiro atoms. The van der Waals surface area contributed by atoms with E-state index in [2.05, 4.69) is 10.0 Å². The van der Waals surface area contributed by atoms with E-state index >= 15 is 0 Å². The highest BCUT2D eigenvalue weighted by Gasteiger charge is 2.20. The van der Waals surface area contributed by atoms with E-state index in [0.717, 1.165) is 37.7 Å². The van der Waals surface area contributed by atoms with Gasteiger partial charge in [0.25, 0.3) is 0 Å². The van der Waals surface area contributed by atoms with Crippen LogP contribution in [0.15, 0.2) is 23.1 Å². The van der Waals surface area contributed by atoms with Gasteiger partial charge in [-0.1, -0.05) is 0 Å². The van der Waals surface area contributed by atoms with Gasteiger partial charge < -0.3 is 10.1 Å². The van der Waals surface area contributed by atoms with Crippen molar-refractivity contribution in [3.8, 4) is 0 Å². The first-order valence-electron chi connectivity index (χ1n) is 7.60. The Kier molecular flexibility index (Phi) is 8.08. The molecule has 1 aromatic rings. The van der Waals surface area contributed by atoms with Crippen LogP contribution in [0.5, 0.6) is 0 Å². The number of hydrogen-bond acceptors (Lipinski definition) is 5. The van der Waals surface area contributed by atoms with Crippen LogP contribution in [0.4, 0.5) is 4.39 Å². The van der Waals surface area contributed by atoms with E-state index in [-0.39, 0.29) is 36.0 Å². The first-order valence-corrected chi connectivity index (χ1v) is 9.09. The molecule has 1 heterocycles. The van der Waals surface area contributed by atoms with Crippen LogP contribution in [0, 0.1) is 11.7 Å². The minimum atomic E-state index is -3.86. The molecule has 2 rings (SSSR count). The van der Waals surface area contributed by atoms with Gasteiger partial charge in [-0.2, -0.15) is 0 Å². The largest absolute Gasteiger partial charge is 0.462 e. The van der Waals surface area contributed by atoms with Gasteiger partial charge in [-0.05, 0) is 57.0 Å². The van der Waals surface area contributed by atoms with Gasteiger partial charge >= 0.3 is 5.97 Å². The van der Waals surface area contributed by atoms with Crippen molar-refractivity contribution >= 4 is 28.4 Å². The van der Waals surface area contributed by atoms with Crippen LogP contribution in [0.25, 0.3) is 0 Å². The lowest BCUT2D eigenvalue weighted by atomic mass is 10.1. The van der Waals surface area contributed by atoms with Crippen LogP contribution >= 0.6 is 12.4 Å². The molecule has 0 saturated carbocycles. The lowest BCUT2D eigenvalue weighted by Gasteiger charge is -2.11. The van der Waals surface area contributed by atoms with Crippen molar-refractivity contribution in [2.24, 2.45) is 5.92 Å². The number of nitrogens with one attached hydrogen (secondary N) is 2. The molecule has 24 heavy (non-hydrogen) atoms. The minimum absolute atomic E-state index is 0. The Hall–Kier alpha value is -1.22. The van der Waals surface area contributed by atoms with Crippen LogP contribution in [0.3, 0.4) is 0 Å². The number of halogens is 2. The summed E-state index contributed by atoms with van der Waals surface area (Å²) in [5.74, 6) is -1.10. The monoisotopic (exact) mass is 380 g/mol. The zero-order chi connectivity index (χ0) is 16.9. The Balaban J connectivity index is 0.00000288. The standard InChI is InChI=1S/C15H21FN2O4S.ClH/c1-2-22-15(19)12-7-13(16)9-14(8-12)23(20,21)18-6-4-11-3-5-17-10-11;/h7-9,11,17-18H,2-6,10H2,1H3;1H. The maximum Gasteiger partial charge on any atom is 0.338 e. The average Bonchev–Trinajstić information content (AvgIpc) is 3.00. The second-order valence-electron chi connectivity index (χ2n) is 5.44. The molecule has 0 radical (unpaired) electrons. The third-order valence-electron chi connectivity index (χ3n) is 3.70. The van der Waals surface area contributed by atoms with E-state index in [4.69, 9.17) is 4.74 Å². The predicted octanol–water partition coefficient (Wildman–Crippen LogP) is 1.70. The van der Waals surface area contributed by atoms with E-state index in [9.17, 15) is 17.6 Å². The molecule has 0 amide bonds. The topological polar surface area (TPSA) is 84.5 Å². The van der Waals surface area contributed by atoms with Crippen LogP contribution in [-0.2, 0) is 14.8 Å². The summed E-state index contributed by atoms with van der Waals surface area (Å²) in [7, 11) is -3.86. The molecule has 1 atom stereocenters. The van der Waals surface area contributed by atoms with Gasteiger partial charge in [0.05, 0.1) is 17.1 Å². The smallest absolute Gasteiger partial charge is 0.338 e. The maximum atomic E-state index is 13.6. The Morgan fingerprint density at radius 1 is 1.42 bits per heavy atom. The number of carbonyl (C=O) groups excluding carboxylic acids is 1. The molecule has 0 aromatic heterocycles. The predicted molar refractivity (Wildman–Crippen MR) is 90.4 cm³/mol. The third kappa shape index (κ3) is 5.70. The van der Waals surface area contributed by atoms with Crippen molar-refractivity contribution in [3.05, 3.63) is 29.6 Å². The first kappa shape index (κ1) is 20.8. The van der Waals surface area contributed by atoms with E-state index < -0.39 is 21.8 Å². The average molecular weight is 381 g/mol. The van der Waals surface area contributed by atoms with Crippen LogP contribution in [0.2, 0.25) is 0 Å². The number of benzene rings is 1. The summed E-state index contributed by atoms with van der Waals surface area (Å²) in [6, 6.07) is 2.98. The molecule has 1 saturated heterocycles. The fourth-order valence-corrected chi connectivity index (χ4v) is 3.59. The van der Waals surface area contributed by atoms with Crippen LogP contribution in [-0.4, -0.2) is 40.6 Å². The zero-order valence-electron chi connectivity index (χ0n) is 13.4. The summed E-state index contributed by atoms with van der Waals surface area (Å²) in [6.07, 6.45) is 1.74. The maximum absolute atomic E-state index is 13.6. The molecule has 1 unspecified atom stereocenters. The van der Waals surface area contributed by atoms with Crippen molar-refractivity contribution in [1.29, 1.82) is 0 Å². The minimum Gasteiger partial charge on any atom is -0.462 e. The van der Waals surface area contributed by atoms with E-state index in [0.29, 0.717) is 12.3 Å². The number of ether oxygens (including phenoxy) is 1. The first-order chi connectivity index (χ1) is 10.9. The molecule has 2 N–H and O–H groups in total. The third-order valence-corrected chi connectivity index (χ3v) is 5.14. The second kappa shape index (κ2) is 9.31. The number of hydrogen-bond donors (Lipinski definition) is 2. The van der Waals surface area contributed by atoms with E-state index in [1.165, 1.54) is 0 Å².